The molecule has 0 aliphatic carbocycles. The maximum Gasteiger partial charge on any atom is 0.418 e. The number of unbranched alkanes of at least 4 members (excludes halogenated alkanes) is 2. The Balaban J connectivity index is 1.37. The van der Waals surface area contributed by atoms with E-state index in [1.54, 1.807) is 58.1 Å². The summed E-state index contributed by atoms with van der Waals surface area (Å²) >= 11 is 13.3. The SMILES string of the molecule is COc1cc2cc(c1Cl)N(C)C(=O)C[C@H](OC(=O)[C@H](C)N(C)C(=O)c1ccc(NC(=O)[C@H](CCCNC(N)=O)NC(=O)[C@@H](NC(=O)CCCCCOC(=O)C(CBr)CBr)C(C)C)c(C(F)(F)F)c1)[C@]1(C)O[C@H]1[C@H](C)[C@@H]1C[C@@](O)(NC(=O)O1)[C@H](OC)/C=C/C=C(\C)C2. The molecule has 91 heavy (non-hydrogen) atoms. The Morgan fingerprint density at radius 1 is 0.989 bits per heavy atom. The van der Waals surface area contributed by atoms with Crippen molar-refractivity contribution < 1.29 is 89.8 Å². The molecule has 0 radical (unpaired) electrons. The molecule has 504 valence electrons. The van der Waals surface area contributed by atoms with Crippen molar-refractivity contribution in [1.29, 1.82) is 0 Å². The molecule has 0 spiro atoms. The van der Waals surface area contributed by atoms with Gasteiger partial charge >= 0.3 is 30.2 Å². The second-order valence-corrected chi connectivity index (χ2v) is 25.0. The van der Waals surface area contributed by atoms with Crippen molar-refractivity contribution in [3.05, 3.63) is 75.8 Å². The van der Waals surface area contributed by atoms with Gasteiger partial charge in [0.15, 0.2) is 5.72 Å². The highest BCUT2D eigenvalue weighted by Gasteiger charge is 2.64. The molecule has 5 rings (SSSR count). The summed E-state index contributed by atoms with van der Waals surface area (Å²) < 4.78 is 79.8. The number of esters is 2. The predicted octanol–water partition coefficient (Wildman–Crippen LogP) is 7.37. The zero-order valence-electron chi connectivity index (χ0n) is 52.4. The fourth-order valence-corrected chi connectivity index (χ4v) is 12.4. The first kappa shape index (κ1) is 75.2. The molecule has 3 aliphatic heterocycles. The van der Waals surface area contributed by atoms with Crippen LogP contribution in [0.2, 0.25) is 5.02 Å². The molecule has 2 aromatic carbocycles. The number of alkyl carbamates (subject to hydrolysis) is 1. The molecule has 24 nitrogen and oxygen atoms in total. The lowest BCUT2D eigenvalue weighted by molar-refractivity contribution is -0.158. The summed E-state index contributed by atoms with van der Waals surface area (Å²) in [6.45, 7) is 9.65. The molecule has 0 aromatic heterocycles. The summed E-state index contributed by atoms with van der Waals surface area (Å²) in [4.78, 5) is 123. The number of allylic oxidation sites excluding steroid dienone is 3. The van der Waals surface area contributed by atoms with Crippen LogP contribution in [0.15, 0.2) is 54.1 Å². The molecule has 2 saturated heterocycles. The number of nitrogens with two attached hydrogens (primary N) is 1. The first-order chi connectivity index (χ1) is 42.7. The van der Waals surface area contributed by atoms with Crippen LogP contribution in [0.5, 0.6) is 5.75 Å². The molecule has 30 heteroatoms. The van der Waals surface area contributed by atoms with Crippen LogP contribution in [0.4, 0.5) is 34.1 Å². The number of primary amides is 1. The Bertz CT molecular complexity index is 3050. The zero-order valence-corrected chi connectivity index (χ0v) is 56.3. The highest BCUT2D eigenvalue weighted by Crippen LogP contribution is 2.49. The van der Waals surface area contributed by atoms with Crippen molar-refractivity contribution in [2.24, 2.45) is 23.5 Å². The first-order valence-corrected chi connectivity index (χ1v) is 32.2. The summed E-state index contributed by atoms with van der Waals surface area (Å²) in [5.41, 5.74) is 0.576. The molecular weight excluding hydrogens is 1350 g/mol. The number of hydrogen-bond donors (Lipinski definition) is 7. The van der Waals surface area contributed by atoms with Gasteiger partial charge in [0.25, 0.3) is 5.91 Å². The largest absolute Gasteiger partial charge is 0.495 e. The minimum Gasteiger partial charge on any atom is -0.495 e. The standard InChI is InChI=1S/C61H82Br2ClF3N8O16/c1-32(2)50(72-47(76)19-12-11-13-23-88-56(82)38(30-62)31-63)53(79)71-41(17-15-22-69-57(68)83)52(78)70-40-21-20-37(27-39(40)61(65,66)67)54(80)74(7)35(5)55(81)90-46-28-48(77)75(8)42-25-36(26-43(86-9)49(42)64)24-33(3)16-14-18-45(87-10)60(85)29-44(89-58(84)73-60)34(4)51-59(46,6)91-51/h14,16,18,20-21,25-27,32,34-35,38,41,44-46,50-51,85H,11-13,15,17,19,22-24,28-31H2,1-10H3,(H,70,78)(H,71,79)(H,72,76)(H,73,84)(H3,68,69,83)/b18-14+,33-16+/t34-,35+,41+,44+,45-,46+,50+,51+,59+,60+/m1/s1. The average Bonchev–Trinajstić information content (AvgIpc) is 1.61. The lowest BCUT2D eigenvalue weighted by Crippen LogP contribution is -2.63. The normalized spacial score (nSPS) is 23.7. The van der Waals surface area contributed by atoms with E-state index in [0.29, 0.717) is 48.0 Å². The number of likely N-dealkylation sites (N-methyl/N-ethyl adjacent to an activating group) is 1. The molecule has 8 amide bonds. The number of halogens is 6. The number of fused-ring (bicyclic) bond motifs is 5. The fraction of sp³-hybridized carbons (Fsp3) is 0.590. The number of anilines is 2. The number of alkyl halides is 5. The van der Waals surface area contributed by atoms with Crippen LogP contribution in [0.25, 0.3) is 0 Å². The molecule has 0 saturated carbocycles. The fourth-order valence-electron chi connectivity index (χ4n) is 10.5. The van der Waals surface area contributed by atoms with Gasteiger partial charge < -0.3 is 70.3 Å². The van der Waals surface area contributed by atoms with Crippen molar-refractivity contribution in [3.63, 3.8) is 0 Å². The maximum absolute atomic E-state index is 15.1. The van der Waals surface area contributed by atoms with Crippen molar-refractivity contribution >= 4 is 108 Å². The Labute approximate surface area is 548 Å². The zero-order chi connectivity index (χ0) is 67.9. The van der Waals surface area contributed by atoms with Crippen molar-refractivity contribution in [2.45, 2.75) is 159 Å². The average molecular weight is 1440 g/mol. The van der Waals surface area contributed by atoms with Gasteiger partial charge in [-0.05, 0) is 101 Å². The molecule has 3 heterocycles. The number of aliphatic hydroxyl groups is 1. The Morgan fingerprint density at radius 2 is 1.68 bits per heavy atom. The van der Waals surface area contributed by atoms with E-state index >= 15 is 13.2 Å². The topological polar surface area (TPSA) is 325 Å². The van der Waals surface area contributed by atoms with E-state index in [0.717, 1.165) is 29.7 Å². The van der Waals surface area contributed by atoms with E-state index in [9.17, 15) is 48.3 Å². The first-order valence-electron chi connectivity index (χ1n) is 29.5. The van der Waals surface area contributed by atoms with Gasteiger partial charge in [-0.3, -0.25) is 34.1 Å². The maximum atomic E-state index is 15.1. The van der Waals surface area contributed by atoms with Crippen molar-refractivity contribution in [2.75, 3.05) is 62.3 Å². The Hall–Kier alpha value is -6.53. The van der Waals surface area contributed by atoms with Crippen LogP contribution in [0, 0.1) is 17.8 Å². The van der Waals surface area contributed by atoms with Gasteiger partial charge in [0.05, 0.1) is 49.1 Å². The molecule has 4 bridgehead atoms. The van der Waals surface area contributed by atoms with Gasteiger partial charge in [-0.25, -0.2) is 14.4 Å². The summed E-state index contributed by atoms with van der Waals surface area (Å²) in [5, 5.41) is 25.0. The quantitative estimate of drug-likeness (QED) is 0.0168. The summed E-state index contributed by atoms with van der Waals surface area (Å²) in [6, 6.07) is 0.460. The predicted molar refractivity (Wildman–Crippen MR) is 336 cm³/mol. The van der Waals surface area contributed by atoms with Crippen LogP contribution < -0.4 is 42.0 Å². The highest BCUT2D eigenvalue weighted by molar-refractivity contribution is 9.09. The second-order valence-electron chi connectivity index (χ2n) is 23.3. The third-order valence-corrected chi connectivity index (χ3v) is 18.1. The smallest absolute Gasteiger partial charge is 0.418 e. The van der Waals surface area contributed by atoms with Crippen LogP contribution in [0.1, 0.15) is 114 Å². The summed E-state index contributed by atoms with van der Waals surface area (Å²) in [6.07, 6.45) is -4.90. The molecular formula is C61H82Br2ClF3N8O16. The van der Waals surface area contributed by atoms with Crippen LogP contribution in [-0.2, 0) is 65.0 Å². The number of benzene rings is 2. The van der Waals surface area contributed by atoms with E-state index in [-0.39, 0.29) is 67.2 Å². The minimum atomic E-state index is -5.22. The van der Waals surface area contributed by atoms with Gasteiger partial charge in [-0.2, -0.15) is 13.2 Å². The number of urea groups is 1. The number of carbonyl (C=O) groups is 9. The number of carbonyl (C=O) groups excluding carboxylic acids is 9. The van der Waals surface area contributed by atoms with E-state index in [4.69, 9.17) is 45.8 Å². The van der Waals surface area contributed by atoms with Crippen LogP contribution >= 0.6 is 43.5 Å². The molecule has 8 N–H and O–H groups in total. The second kappa shape index (κ2) is 33.4. The molecule has 10 atom stereocenters. The van der Waals surface area contributed by atoms with E-state index < -0.39 is 143 Å². The Morgan fingerprint density at radius 3 is 2.31 bits per heavy atom. The monoisotopic (exact) mass is 1430 g/mol. The lowest BCUT2D eigenvalue weighted by Gasteiger charge is -2.42. The van der Waals surface area contributed by atoms with Crippen LogP contribution in [0.3, 0.4) is 0 Å². The van der Waals surface area contributed by atoms with Crippen molar-refractivity contribution in [3.8, 4) is 5.75 Å². The number of amides is 8. The summed E-state index contributed by atoms with van der Waals surface area (Å²) in [7, 11) is 5.36. The molecule has 3 aliphatic rings. The number of nitrogens with one attached hydrogen (secondary N) is 5. The lowest BCUT2D eigenvalue weighted by atomic mass is 9.83. The van der Waals surface area contributed by atoms with E-state index in [2.05, 4.69) is 58.4 Å². The molecule has 2 fully saturated rings. The van der Waals surface area contributed by atoms with E-state index in [1.807, 2.05) is 6.92 Å². The number of epoxide rings is 1. The van der Waals surface area contributed by atoms with Gasteiger partial charge in [0, 0.05) is 62.7 Å². The van der Waals surface area contributed by atoms with Gasteiger partial charge in [0.1, 0.15) is 52.8 Å². The van der Waals surface area contributed by atoms with Crippen LogP contribution in [-0.4, -0.2) is 170 Å². The number of methoxy groups -OCH3 is 2. The number of rotatable bonds is 25. The molecule has 0 unspecified atom stereocenters. The van der Waals surface area contributed by atoms with Gasteiger partial charge in [-0.15, -0.1) is 0 Å². The van der Waals surface area contributed by atoms with Gasteiger partial charge in [-0.1, -0.05) is 88.0 Å². The molecule has 2 aromatic rings. The third-order valence-electron chi connectivity index (χ3n) is 16.1. The third kappa shape index (κ3) is 20.2. The number of nitrogens with zero attached hydrogens (tertiary/aromatic N) is 2. The highest BCUT2D eigenvalue weighted by atomic mass is 79.9. The number of hydrogen-bond acceptors (Lipinski definition) is 16. The van der Waals surface area contributed by atoms with Gasteiger partial charge in [0.2, 0.25) is 23.6 Å². The minimum absolute atomic E-state index is 0.000229. The van der Waals surface area contributed by atoms with Crippen molar-refractivity contribution in [1.82, 2.24) is 26.2 Å². The summed E-state index contributed by atoms with van der Waals surface area (Å²) in [5.74, 6) is -7.07. The number of ether oxygens (including phenoxy) is 6. The van der Waals surface area contributed by atoms with E-state index in [1.165, 1.54) is 33.1 Å². The Kier molecular flexibility index (Phi) is 27.6.